The maximum Gasteiger partial charge on any atom is 6.00 e. The number of hydrogen-bond acceptors (Lipinski definition) is 7. The van der Waals surface area contributed by atoms with Crippen molar-refractivity contribution in [3.8, 4) is 0 Å². The molecule has 1 aliphatic heterocycles. The second-order valence-corrected chi connectivity index (χ2v) is 15.1. The van der Waals surface area contributed by atoms with Crippen molar-refractivity contribution >= 4 is 23.4 Å². The van der Waals surface area contributed by atoms with Gasteiger partial charge in [-0.05, 0) is 31.3 Å². The van der Waals surface area contributed by atoms with Crippen molar-refractivity contribution < 1.29 is 95.0 Å². The first-order chi connectivity index (χ1) is 20.1. The summed E-state index contributed by atoms with van der Waals surface area (Å²) < 4.78 is 178. The summed E-state index contributed by atoms with van der Waals surface area (Å²) in [6, 6.07) is 12.3. The van der Waals surface area contributed by atoms with E-state index in [0.29, 0.717) is 0 Å². The van der Waals surface area contributed by atoms with Crippen LogP contribution in [0.5, 0.6) is 0 Å². The molecule has 2 aromatic heterocycles. The van der Waals surface area contributed by atoms with Gasteiger partial charge in [-0.1, -0.05) is 12.1 Å². The average Bonchev–Trinajstić information content (AvgIpc) is 2.88. The van der Waals surface area contributed by atoms with Gasteiger partial charge in [0.05, 0.1) is 11.4 Å². The van der Waals surface area contributed by atoms with E-state index in [4.69, 9.17) is 9.93 Å². The van der Waals surface area contributed by atoms with Crippen LogP contribution in [0.15, 0.2) is 48.8 Å². The third kappa shape index (κ3) is 59.8. The summed E-state index contributed by atoms with van der Waals surface area (Å²) in [5.74, 6) is 0. The molecule has 0 unspecified atom stereocenters. The Morgan fingerprint density at radius 2 is 0.729 bits per heavy atom. The van der Waals surface area contributed by atoms with Crippen molar-refractivity contribution in [2.24, 2.45) is 0 Å². The van der Waals surface area contributed by atoms with Gasteiger partial charge in [-0.15, -0.1) is 0 Å². The topological polar surface area (TPSA) is 69.6 Å². The summed E-state index contributed by atoms with van der Waals surface area (Å²) in [7, 11) is -29.8. The van der Waals surface area contributed by atoms with Crippen LogP contribution in [-0.4, -0.2) is 71.0 Å². The van der Waals surface area contributed by atoms with Crippen molar-refractivity contribution in [2.45, 2.75) is 13.1 Å². The Morgan fingerprint density at radius 1 is 0.500 bits per heavy atom. The van der Waals surface area contributed by atoms with E-state index < -0.39 is 23.4 Å². The van der Waals surface area contributed by atoms with Crippen LogP contribution < -0.4 is 0 Å². The molecule has 0 N–H and O–H groups in total. The maximum atomic E-state index is 9.87. The van der Waals surface area contributed by atoms with Crippen molar-refractivity contribution in [1.29, 1.82) is 0 Å². The van der Waals surface area contributed by atoms with Gasteiger partial charge < -0.3 is 4.90 Å². The fourth-order valence-corrected chi connectivity index (χ4v) is 3.00. The van der Waals surface area contributed by atoms with Crippen molar-refractivity contribution in [3.05, 3.63) is 70.1 Å². The average molecular weight is 893 g/mol. The van der Waals surface area contributed by atoms with Crippen LogP contribution in [-0.2, 0) is 32.6 Å². The van der Waals surface area contributed by atoms with Crippen LogP contribution in [0.2, 0.25) is 0 Å². The van der Waals surface area contributed by atoms with Gasteiger partial charge in [-0.2, -0.15) is 0 Å². The van der Waals surface area contributed by atoms with Crippen LogP contribution in [0, 0.1) is 9.93 Å². The molecule has 0 bridgehead atoms. The summed E-state index contributed by atoms with van der Waals surface area (Å²) >= 11 is 0. The first-order valence-electron chi connectivity index (χ1n) is 11.9. The quantitative estimate of drug-likeness (QED) is 0.172. The molecule has 1 fully saturated rings. The molecule has 1 aliphatic rings. The predicted octanol–water partition coefficient (Wildman–Crippen LogP) is 11.9. The second kappa shape index (κ2) is 15.4. The Hall–Kier alpha value is -1.57. The van der Waals surface area contributed by atoms with Gasteiger partial charge in [-0.3, -0.25) is 19.8 Å². The van der Waals surface area contributed by atoms with E-state index in [1.54, 1.807) is 0 Å². The Bertz CT molecular complexity index is 1070. The molecule has 0 saturated carbocycles. The van der Waals surface area contributed by atoms with E-state index in [-0.39, 0.29) is 19.5 Å². The molecule has 0 aliphatic carbocycles. The van der Waals surface area contributed by atoms with Gasteiger partial charge in [0.1, 0.15) is 0 Å². The van der Waals surface area contributed by atoms with Crippen LogP contribution in [0.3, 0.4) is 0 Å². The van der Waals surface area contributed by atoms with Crippen molar-refractivity contribution in [3.63, 3.8) is 0 Å². The molecular formula is C19H27F18N5O2P3Ru+3. The van der Waals surface area contributed by atoms with Crippen LogP contribution in [0.25, 0.3) is 0 Å². The number of nitrogens with zero attached hydrogens (tertiary/aromatic N) is 5. The molecule has 7 nitrogen and oxygen atoms in total. The Balaban J connectivity index is -0.000000695. The molecule has 0 amide bonds. The normalized spacial score (nSPS) is 19.6. The van der Waals surface area contributed by atoms with E-state index >= 15 is 0 Å². The van der Waals surface area contributed by atoms with Gasteiger partial charge in [-0.25, -0.2) is 0 Å². The molecule has 2 aromatic rings. The van der Waals surface area contributed by atoms with Gasteiger partial charge in [0.15, 0.2) is 0 Å². The Morgan fingerprint density at radius 3 is 0.938 bits per heavy atom. The van der Waals surface area contributed by atoms with Gasteiger partial charge in [0, 0.05) is 74.7 Å². The standard InChI is InChI=1S/C19H27N5.3F6P.O2.Ru/c1-22-10-12-23(16-18-6-2-4-8-20-18)14-15-24(13-11-22)17-19-7-3-5-9-21-19;3*1-7(2,3,4,5)6;1-2;/h2-9H,10-17H2,1H3;;;;;/q;3*-1;;+6. The number of rotatable bonds is 4. The Kier molecular flexibility index (Phi) is 16.3. The molecule has 29 heteroatoms. The fourth-order valence-electron chi connectivity index (χ4n) is 3.00. The smallest absolute Gasteiger partial charge is 0 e. The van der Waals surface area contributed by atoms with Gasteiger partial charge >= 0.3 is 118 Å². The third-order valence-electron chi connectivity index (χ3n) is 4.55. The number of aromatic nitrogens is 2. The SMILES string of the molecule is CN1CCN(Cc2ccccn2)CCN(Cc2ccccn2)CC1.F[P-](F)(F)(F)(F)F.F[P-](F)(F)(F)(F)F.F[P-](F)(F)(F)(F)F.O=O.[Ru+6]. The van der Waals surface area contributed by atoms with E-state index in [1.165, 1.54) is 0 Å². The molecule has 3 rings (SSSR count). The van der Waals surface area contributed by atoms with Crippen molar-refractivity contribution in [2.75, 3.05) is 46.3 Å². The summed E-state index contributed by atoms with van der Waals surface area (Å²) in [6.45, 7) is 8.36. The molecule has 0 aromatic carbocycles. The summed E-state index contributed by atoms with van der Waals surface area (Å²) in [5.41, 5.74) is 2.30. The molecular weight excluding hydrogens is 866 g/mol. The summed E-state index contributed by atoms with van der Waals surface area (Å²) in [5, 5.41) is 0. The number of halogens is 18. The van der Waals surface area contributed by atoms with Crippen LogP contribution >= 0.6 is 23.4 Å². The number of hydrogen-bond donors (Lipinski definition) is 0. The second-order valence-electron chi connectivity index (χ2n) is 9.37. The van der Waals surface area contributed by atoms with E-state index in [0.717, 1.165) is 63.7 Å². The summed E-state index contributed by atoms with van der Waals surface area (Å²) in [4.78, 5) is 30.4. The minimum Gasteiger partial charge on any atom is 0 e. The monoisotopic (exact) mass is 894 g/mol. The van der Waals surface area contributed by atoms with E-state index in [9.17, 15) is 75.5 Å². The number of likely N-dealkylation sites (N-methyl/N-ethyl adjacent to an activating group) is 1. The zero-order valence-corrected chi connectivity index (χ0v) is 28.2. The molecule has 48 heavy (non-hydrogen) atoms. The van der Waals surface area contributed by atoms with Crippen molar-refractivity contribution in [1.82, 2.24) is 24.7 Å². The van der Waals surface area contributed by atoms with E-state index in [1.807, 2.05) is 24.5 Å². The Labute approximate surface area is 272 Å². The third-order valence-corrected chi connectivity index (χ3v) is 4.55. The first-order valence-corrected chi connectivity index (χ1v) is 18.0. The maximum absolute atomic E-state index is 10.7. The molecule has 0 atom stereocenters. The first kappa shape index (κ1) is 50.8. The molecule has 3 heterocycles. The minimum absolute atomic E-state index is 0. The predicted molar refractivity (Wildman–Crippen MR) is 144 cm³/mol. The zero-order valence-electron chi connectivity index (χ0n) is 23.8. The molecule has 1 saturated heterocycles. The summed E-state index contributed by atoms with van der Waals surface area (Å²) in [6.07, 6.45) is 3.76. The minimum atomic E-state index is -10.7. The van der Waals surface area contributed by atoms with E-state index in [2.05, 4.69) is 56.0 Å². The molecule has 0 spiro atoms. The largest absolute Gasteiger partial charge is 6.00 e. The zero-order chi connectivity index (χ0) is 37.8. The molecule has 0 radical (unpaired) electrons. The van der Waals surface area contributed by atoms with Gasteiger partial charge in [0.2, 0.25) is 0 Å². The van der Waals surface area contributed by atoms with Crippen LogP contribution in [0.1, 0.15) is 11.4 Å². The number of pyridine rings is 2. The van der Waals surface area contributed by atoms with Crippen LogP contribution in [0.4, 0.5) is 75.5 Å². The fraction of sp³-hybridized carbons (Fsp3) is 0.474. The molecule has 286 valence electrons. The van der Waals surface area contributed by atoms with Gasteiger partial charge in [0.25, 0.3) is 0 Å².